The van der Waals surface area contributed by atoms with Crippen LogP contribution in [0.2, 0.25) is 0 Å². The average Bonchev–Trinajstić information content (AvgIpc) is 3.23. The highest BCUT2D eigenvalue weighted by Gasteiger charge is 2.22. The molecule has 1 fully saturated rings. The molecule has 4 heterocycles. The van der Waals surface area contributed by atoms with Crippen LogP contribution in [0.4, 0.5) is 5.82 Å². The molecular weight excluding hydrogens is 406 g/mol. The summed E-state index contributed by atoms with van der Waals surface area (Å²) >= 11 is 0. The number of fused-ring (bicyclic) bond motifs is 1. The van der Waals surface area contributed by atoms with Gasteiger partial charge in [0.25, 0.3) is 6.47 Å². The van der Waals surface area contributed by atoms with Gasteiger partial charge in [0.05, 0.1) is 23.4 Å². The van der Waals surface area contributed by atoms with Crippen LogP contribution < -0.4 is 14.4 Å². The van der Waals surface area contributed by atoms with Gasteiger partial charge >= 0.3 is 0 Å². The fourth-order valence-corrected chi connectivity index (χ4v) is 3.95. The molecule has 0 amide bonds. The summed E-state index contributed by atoms with van der Waals surface area (Å²) in [7, 11) is 0. The zero-order chi connectivity index (χ0) is 21.9. The number of aromatic nitrogens is 4. The number of anilines is 1. The number of aryl methyl sites for hydroxylation is 1. The molecule has 4 aromatic rings. The van der Waals surface area contributed by atoms with Crippen molar-refractivity contribution in [1.29, 1.82) is 0 Å². The van der Waals surface area contributed by atoms with Crippen LogP contribution >= 0.6 is 0 Å². The molecule has 3 aromatic heterocycles. The van der Waals surface area contributed by atoms with Gasteiger partial charge in [0.2, 0.25) is 0 Å². The molecule has 8 nitrogen and oxygen atoms in total. The molecule has 5 rings (SSSR count). The van der Waals surface area contributed by atoms with Crippen molar-refractivity contribution in [2.75, 3.05) is 18.0 Å². The smallest absolute Gasteiger partial charge is 0.298 e. The summed E-state index contributed by atoms with van der Waals surface area (Å²) in [5, 5.41) is 0. The minimum Gasteiger partial charge on any atom is -0.489 e. The molecule has 1 aliphatic heterocycles. The first-order chi connectivity index (χ1) is 15.7. The largest absolute Gasteiger partial charge is 0.489 e. The summed E-state index contributed by atoms with van der Waals surface area (Å²) in [5.74, 6) is 2.75. The molecule has 162 valence electrons. The van der Waals surface area contributed by atoms with Crippen molar-refractivity contribution in [2.24, 2.45) is 0 Å². The number of imidazole rings is 1. The van der Waals surface area contributed by atoms with Gasteiger partial charge in [-0.3, -0.25) is 9.78 Å². The first-order valence-electron chi connectivity index (χ1n) is 10.6. The number of aromatic amines is 1. The van der Waals surface area contributed by atoms with Crippen LogP contribution in [0.15, 0.2) is 55.0 Å². The third-order valence-electron chi connectivity index (χ3n) is 5.60. The minimum atomic E-state index is 0.0813. The lowest BCUT2D eigenvalue weighted by atomic mass is 10.1. The molecule has 1 saturated heterocycles. The topological polar surface area (TPSA) is 93.2 Å². The van der Waals surface area contributed by atoms with Crippen LogP contribution in [0.5, 0.6) is 11.5 Å². The molecule has 0 unspecified atom stereocenters. The van der Waals surface area contributed by atoms with E-state index < -0.39 is 0 Å². The Morgan fingerprint density at radius 1 is 1.06 bits per heavy atom. The zero-order valence-electron chi connectivity index (χ0n) is 17.7. The number of hydrogen-bond donors (Lipinski definition) is 1. The van der Waals surface area contributed by atoms with Crippen LogP contribution in [0.1, 0.15) is 18.4 Å². The number of H-pyrrole nitrogens is 1. The first-order valence-corrected chi connectivity index (χ1v) is 10.6. The maximum Gasteiger partial charge on any atom is 0.298 e. The second kappa shape index (κ2) is 8.66. The summed E-state index contributed by atoms with van der Waals surface area (Å²) in [6, 6.07) is 12.0. The monoisotopic (exact) mass is 429 g/mol. The summed E-state index contributed by atoms with van der Waals surface area (Å²) in [6.07, 6.45) is 6.79. The predicted molar refractivity (Wildman–Crippen MR) is 121 cm³/mol. The highest BCUT2D eigenvalue weighted by molar-refractivity contribution is 5.80. The van der Waals surface area contributed by atoms with Crippen LogP contribution in [0.3, 0.4) is 0 Å². The van der Waals surface area contributed by atoms with E-state index in [2.05, 4.69) is 50.0 Å². The van der Waals surface area contributed by atoms with E-state index in [1.54, 1.807) is 12.3 Å². The Hall–Kier alpha value is -3.94. The summed E-state index contributed by atoms with van der Waals surface area (Å²) < 4.78 is 10.9. The van der Waals surface area contributed by atoms with Gasteiger partial charge in [-0.15, -0.1) is 0 Å². The molecule has 0 aliphatic carbocycles. The van der Waals surface area contributed by atoms with Gasteiger partial charge in [0.1, 0.15) is 23.5 Å². The van der Waals surface area contributed by atoms with Crippen molar-refractivity contribution >= 4 is 23.3 Å². The molecule has 32 heavy (non-hydrogen) atoms. The minimum absolute atomic E-state index is 0.0813. The Morgan fingerprint density at radius 2 is 1.91 bits per heavy atom. The van der Waals surface area contributed by atoms with Gasteiger partial charge in [-0.25, -0.2) is 9.97 Å². The number of rotatable bonds is 6. The van der Waals surface area contributed by atoms with Crippen molar-refractivity contribution in [2.45, 2.75) is 25.9 Å². The molecule has 0 atom stereocenters. The van der Waals surface area contributed by atoms with Gasteiger partial charge in [0, 0.05) is 43.8 Å². The molecular formula is C24H23N5O3. The van der Waals surface area contributed by atoms with Crippen molar-refractivity contribution in [1.82, 2.24) is 19.9 Å². The van der Waals surface area contributed by atoms with Gasteiger partial charge in [-0.05, 0) is 36.8 Å². The van der Waals surface area contributed by atoms with E-state index in [-0.39, 0.29) is 6.10 Å². The first kappa shape index (κ1) is 20.0. The van der Waals surface area contributed by atoms with Crippen LogP contribution in [-0.2, 0) is 4.79 Å². The molecule has 0 saturated carbocycles. The molecule has 0 spiro atoms. The van der Waals surface area contributed by atoms with Crippen molar-refractivity contribution in [3.8, 4) is 22.9 Å². The van der Waals surface area contributed by atoms with E-state index in [9.17, 15) is 4.79 Å². The molecule has 0 radical (unpaired) electrons. The third-order valence-corrected chi connectivity index (χ3v) is 5.60. The number of piperidine rings is 1. The highest BCUT2D eigenvalue weighted by atomic mass is 16.5. The zero-order valence-corrected chi connectivity index (χ0v) is 17.7. The molecule has 1 aromatic carbocycles. The lowest BCUT2D eigenvalue weighted by Gasteiger charge is -2.32. The number of ether oxygens (including phenoxy) is 2. The highest BCUT2D eigenvalue weighted by Crippen LogP contribution is 2.26. The second-order valence-electron chi connectivity index (χ2n) is 7.89. The van der Waals surface area contributed by atoms with Gasteiger partial charge in [0.15, 0.2) is 5.75 Å². The van der Waals surface area contributed by atoms with Gasteiger partial charge < -0.3 is 19.4 Å². The summed E-state index contributed by atoms with van der Waals surface area (Å²) in [5.41, 5.74) is 4.15. The second-order valence-corrected chi connectivity index (χ2v) is 7.89. The molecule has 8 heteroatoms. The number of hydrogen-bond acceptors (Lipinski definition) is 7. The van der Waals surface area contributed by atoms with Crippen molar-refractivity contribution in [3.05, 3.63) is 60.6 Å². The summed E-state index contributed by atoms with van der Waals surface area (Å²) in [4.78, 5) is 29.5. The SMILES string of the molecule is Cc1ccc2nc(-c3ccc(N4CCC(Oc5cncc(OC=O)c5)CC4)nc3)[nH]c2c1. The Labute approximate surface area is 185 Å². The maximum atomic E-state index is 10.5. The fraction of sp³-hybridized carbons (Fsp3) is 0.250. The number of pyridine rings is 2. The molecule has 1 aliphatic rings. The third kappa shape index (κ3) is 4.25. The van der Waals surface area contributed by atoms with E-state index in [1.165, 1.54) is 11.8 Å². The van der Waals surface area contributed by atoms with Crippen molar-refractivity contribution in [3.63, 3.8) is 0 Å². The van der Waals surface area contributed by atoms with Gasteiger partial charge in [-0.2, -0.15) is 0 Å². The van der Waals surface area contributed by atoms with E-state index in [4.69, 9.17) is 9.47 Å². The van der Waals surface area contributed by atoms with Gasteiger partial charge in [-0.1, -0.05) is 6.07 Å². The number of nitrogens with zero attached hydrogens (tertiary/aromatic N) is 4. The predicted octanol–water partition coefficient (Wildman–Crippen LogP) is 3.91. The van der Waals surface area contributed by atoms with E-state index in [0.29, 0.717) is 18.0 Å². The van der Waals surface area contributed by atoms with Crippen LogP contribution in [0.25, 0.3) is 22.4 Å². The maximum absolute atomic E-state index is 10.5. The fourth-order valence-electron chi connectivity index (χ4n) is 3.95. The van der Waals surface area contributed by atoms with Crippen molar-refractivity contribution < 1.29 is 14.3 Å². The Bertz CT molecular complexity index is 1230. The number of benzene rings is 1. The normalized spacial score (nSPS) is 14.5. The summed E-state index contributed by atoms with van der Waals surface area (Å²) in [6.45, 7) is 4.14. The Kier molecular flexibility index (Phi) is 5.41. The standard InChI is InChI=1S/C24H23N5O3/c1-16-2-4-21-22(10-16)28-24(27-21)17-3-5-23(26-12-17)29-8-6-18(7-9-29)32-20-11-19(31-15-30)13-25-14-20/h2-5,10-15,18H,6-9H2,1H3,(H,27,28). The molecule has 1 N–H and O–H groups in total. The number of carbonyl (C=O) groups is 1. The Morgan fingerprint density at radius 3 is 2.69 bits per heavy atom. The lowest BCUT2D eigenvalue weighted by molar-refractivity contribution is -0.120. The Balaban J connectivity index is 1.21. The van der Waals surface area contributed by atoms with Crippen LogP contribution in [-0.4, -0.2) is 45.6 Å². The van der Waals surface area contributed by atoms with Crippen LogP contribution in [0, 0.1) is 6.92 Å². The quantitative estimate of drug-likeness (QED) is 0.465. The number of carbonyl (C=O) groups excluding carboxylic acids is 1. The van der Waals surface area contributed by atoms with E-state index >= 15 is 0 Å². The molecule has 0 bridgehead atoms. The van der Waals surface area contributed by atoms with E-state index in [1.807, 2.05) is 18.3 Å². The average molecular weight is 429 g/mol. The lowest BCUT2D eigenvalue weighted by Crippen LogP contribution is -2.38. The van der Waals surface area contributed by atoms with E-state index in [0.717, 1.165) is 54.2 Å². The number of nitrogens with one attached hydrogen (secondary N) is 1.